The summed E-state index contributed by atoms with van der Waals surface area (Å²) in [5.74, 6) is -0.605. The smallest absolute Gasteiger partial charge is 0.259 e. The summed E-state index contributed by atoms with van der Waals surface area (Å²) in [4.78, 5) is 24.7. The third-order valence-corrected chi connectivity index (χ3v) is 3.29. The molecule has 0 unspecified atom stereocenters. The molecule has 2 aliphatic rings. The summed E-state index contributed by atoms with van der Waals surface area (Å²) >= 11 is 0. The van der Waals surface area contributed by atoms with E-state index in [0.717, 1.165) is 12.1 Å². The molecule has 1 aromatic carbocycles. The fourth-order valence-corrected chi connectivity index (χ4v) is 2.14. The van der Waals surface area contributed by atoms with Crippen molar-refractivity contribution in [1.29, 1.82) is 0 Å². The summed E-state index contributed by atoms with van der Waals surface area (Å²) in [6, 6.07) is 8.16. The fraction of sp³-hybridized carbons (Fsp3) is 0.429. The molecule has 0 aromatic heterocycles. The first-order chi connectivity index (χ1) is 9.24. The Morgan fingerprint density at radius 3 is 2.63 bits per heavy atom. The molecular weight excluding hydrogens is 244 g/mol. The van der Waals surface area contributed by atoms with Crippen molar-refractivity contribution in [2.24, 2.45) is 0 Å². The molecule has 2 fully saturated rings. The number of anilines is 1. The quantitative estimate of drug-likeness (QED) is 0.815. The molecule has 0 bridgehead atoms. The van der Waals surface area contributed by atoms with Gasteiger partial charge in [0.15, 0.2) is 0 Å². The third kappa shape index (κ3) is 2.83. The van der Waals surface area contributed by atoms with Gasteiger partial charge in [-0.15, -0.1) is 0 Å². The SMILES string of the molecule is O=C1COCC(=O)N1c1cccc(CNC2CC2)c1. The maximum atomic E-state index is 11.8. The Bertz CT molecular complexity index is 495. The highest BCUT2D eigenvalue weighted by Crippen LogP contribution is 2.21. The van der Waals surface area contributed by atoms with Gasteiger partial charge < -0.3 is 10.1 Å². The standard InChI is InChI=1S/C14H16N2O3/c17-13-8-19-9-14(18)16(13)12-3-1-2-10(6-12)7-15-11-4-5-11/h1-3,6,11,15H,4-5,7-9H2. The molecule has 5 heteroatoms. The van der Waals surface area contributed by atoms with Crippen molar-refractivity contribution in [1.82, 2.24) is 5.32 Å². The lowest BCUT2D eigenvalue weighted by atomic mass is 10.1. The van der Waals surface area contributed by atoms with E-state index in [0.29, 0.717) is 11.7 Å². The first kappa shape index (κ1) is 12.3. The average molecular weight is 260 g/mol. The van der Waals surface area contributed by atoms with Crippen molar-refractivity contribution in [3.63, 3.8) is 0 Å². The van der Waals surface area contributed by atoms with Gasteiger partial charge >= 0.3 is 0 Å². The number of ether oxygens (including phenoxy) is 1. The minimum atomic E-state index is -0.302. The van der Waals surface area contributed by atoms with E-state index in [1.807, 2.05) is 18.2 Å². The second-order valence-electron chi connectivity index (χ2n) is 4.94. The molecule has 1 saturated heterocycles. The van der Waals surface area contributed by atoms with Crippen LogP contribution in [0.15, 0.2) is 24.3 Å². The second kappa shape index (κ2) is 5.11. The van der Waals surface area contributed by atoms with Crippen LogP contribution in [0.1, 0.15) is 18.4 Å². The summed E-state index contributed by atoms with van der Waals surface area (Å²) in [5, 5.41) is 3.41. The maximum absolute atomic E-state index is 11.8. The Kier molecular flexibility index (Phi) is 3.31. The molecule has 19 heavy (non-hydrogen) atoms. The lowest BCUT2D eigenvalue weighted by molar-refractivity contribution is -0.138. The number of amides is 2. The molecule has 1 saturated carbocycles. The molecule has 1 aliphatic carbocycles. The number of imide groups is 1. The molecule has 1 N–H and O–H groups in total. The van der Waals surface area contributed by atoms with E-state index in [9.17, 15) is 9.59 Å². The van der Waals surface area contributed by atoms with Crippen LogP contribution in [0.4, 0.5) is 5.69 Å². The number of benzene rings is 1. The maximum Gasteiger partial charge on any atom is 0.259 e. The van der Waals surface area contributed by atoms with Gasteiger partial charge in [0.05, 0.1) is 5.69 Å². The molecule has 1 aliphatic heterocycles. The van der Waals surface area contributed by atoms with Crippen LogP contribution in [0, 0.1) is 0 Å². The number of hydrogen-bond donors (Lipinski definition) is 1. The number of nitrogens with zero attached hydrogens (tertiary/aromatic N) is 1. The van der Waals surface area contributed by atoms with Gasteiger partial charge in [-0.1, -0.05) is 12.1 Å². The van der Waals surface area contributed by atoms with Gasteiger partial charge in [-0.2, -0.15) is 0 Å². The molecule has 0 atom stereocenters. The fourth-order valence-electron chi connectivity index (χ4n) is 2.14. The van der Waals surface area contributed by atoms with Gasteiger partial charge in [0.25, 0.3) is 11.8 Å². The minimum absolute atomic E-state index is 0.0315. The Labute approximate surface area is 111 Å². The van der Waals surface area contributed by atoms with Gasteiger partial charge in [-0.05, 0) is 30.5 Å². The first-order valence-corrected chi connectivity index (χ1v) is 6.50. The number of carbonyl (C=O) groups is 2. The van der Waals surface area contributed by atoms with Crippen molar-refractivity contribution in [3.05, 3.63) is 29.8 Å². The van der Waals surface area contributed by atoms with E-state index < -0.39 is 0 Å². The van der Waals surface area contributed by atoms with Crippen molar-refractivity contribution in [2.45, 2.75) is 25.4 Å². The molecule has 1 aromatic rings. The Balaban J connectivity index is 1.76. The van der Waals surface area contributed by atoms with Crippen LogP contribution in [0.3, 0.4) is 0 Å². The predicted molar refractivity (Wildman–Crippen MR) is 69.6 cm³/mol. The largest absolute Gasteiger partial charge is 0.362 e. The van der Waals surface area contributed by atoms with Crippen molar-refractivity contribution in [2.75, 3.05) is 18.1 Å². The third-order valence-electron chi connectivity index (χ3n) is 3.29. The van der Waals surface area contributed by atoms with Gasteiger partial charge in [0, 0.05) is 12.6 Å². The summed E-state index contributed by atoms with van der Waals surface area (Å²) in [6.07, 6.45) is 2.47. The van der Waals surface area contributed by atoms with Crippen molar-refractivity contribution in [3.8, 4) is 0 Å². The van der Waals surface area contributed by atoms with E-state index in [1.165, 1.54) is 17.7 Å². The van der Waals surface area contributed by atoms with Crippen LogP contribution in [0.5, 0.6) is 0 Å². The highest BCUT2D eigenvalue weighted by Gasteiger charge is 2.28. The van der Waals surface area contributed by atoms with Gasteiger partial charge in [-0.3, -0.25) is 9.59 Å². The lowest BCUT2D eigenvalue weighted by Gasteiger charge is -2.25. The van der Waals surface area contributed by atoms with E-state index in [2.05, 4.69) is 5.32 Å². The summed E-state index contributed by atoms with van der Waals surface area (Å²) < 4.78 is 4.91. The molecule has 3 rings (SSSR count). The minimum Gasteiger partial charge on any atom is -0.362 e. The van der Waals surface area contributed by atoms with Gasteiger partial charge in [0.2, 0.25) is 0 Å². The van der Waals surface area contributed by atoms with Crippen LogP contribution in [-0.2, 0) is 20.9 Å². The average Bonchev–Trinajstić information content (AvgIpc) is 3.21. The number of morpholine rings is 1. The van der Waals surface area contributed by atoms with Crippen LogP contribution in [0.25, 0.3) is 0 Å². The highest BCUT2D eigenvalue weighted by molar-refractivity contribution is 6.17. The molecule has 0 radical (unpaired) electrons. The van der Waals surface area contributed by atoms with E-state index in [-0.39, 0.29) is 25.0 Å². The normalized spacial score (nSPS) is 19.9. The summed E-state index contributed by atoms with van der Waals surface area (Å²) in [5.41, 5.74) is 1.71. The number of carbonyl (C=O) groups excluding carboxylic acids is 2. The highest BCUT2D eigenvalue weighted by atomic mass is 16.5. The zero-order chi connectivity index (χ0) is 13.2. The first-order valence-electron chi connectivity index (χ1n) is 6.50. The predicted octanol–water partition coefficient (Wildman–Crippen LogP) is 0.828. The number of hydrogen-bond acceptors (Lipinski definition) is 4. The van der Waals surface area contributed by atoms with Crippen LogP contribution in [-0.4, -0.2) is 31.1 Å². The lowest BCUT2D eigenvalue weighted by Crippen LogP contribution is -2.46. The zero-order valence-electron chi connectivity index (χ0n) is 10.6. The number of rotatable bonds is 4. The van der Waals surface area contributed by atoms with E-state index in [1.54, 1.807) is 6.07 Å². The summed E-state index contributed by atoms with van der Waals surface area (Å²) in [7, 11) is 0. The van der Waals surface area contributed by atoms with E-state index in [4.69, 9.17) is 4.74 Å². The monoisotopic (exact) mass is 260 g/mol. The Hall–Kier alpha value is -1.72. The molecule has 5 nitrogen and oxygen atoms in total. The van der Waals surface area contributed by atoms with Crippen LogP contribution >= 0.6 is 0 Å². The zero-order valence-corrected chi connectivity index (χ0v) is 10.6. The molecule has 100 valence electrons. The summed E-state index contributed by atoms with van der Waals surface area (Å²) in [6.45, 7) is 0.706. The number of nitrogens with one attached hydrogen (secondary N) is 1. The molecular formula is C14H16N2O3. The topological polar surface area (TPSA) is 58.6 Å². The van der Waals surface area contributed by atoms with Gasteiger partial charge in [0.1, 0.15) is 13.2 Å². The van der Waals surface area contributed by atoms with Crippen LogP contribution in [0.2, 0.25) is 0 Å². The Morgan fingerprint density at radius 2 is 1.95 bits per heavy atom. The van der Waals surface area contributed by atoms with Crippen LogP contribution < -0.4 is 10.2 Å². The second-order valence-corrected chi connectivity index (χ2v) is 4.94. The van der Waals surface area contributed by atoms with Gasteiger partial charge in [-0.25, -0.2) is 4.90 Å². The van der Waals surface area contributed by atoms with Crippen molar-refractivity contribution < 1.29 is 14.3 Å². The molecule has 1 heterocycles. The molecule has 2 amide bonds. The Morgan fingerprint density at radius 1 is 1.21 bits per heavy atom. The van der Waals surface area contributed by atoms with Crippen molar-refractivity contribution >= 4 is 17.5 Å². The van der Waals surface area contributed by atoms with E-state index >= 15 is 0 Å². The molecule has 0 spiro atoms.